The van der Waals surface area contributed by atoms with Crippen molar-refractivity contribution >= 4 is 48.6 Å². The summed E-state index contributed by atoms with van der Waals surface area (Å²) in [5.74, 6) is 0. The molecule has 0 fully saturated rings. The van der Waals surface area contributed by atoms with Crippen molar-refractivity contribution in [1.29, 1.82) is 0 Å². The lowest BCUT2D eigenvalue weighted by atomic mass is 9.82. The highest BCUT2D eigenvalue weighted by atomic mass is 32.1. The molecular weight excluding hydrogens is 659 g/mol. The lowest BCUT2D eigenvalue weighted by Gasteiger charge is -2.30. The molecule has 0 atom stereocenters. The first-order valence-corrected chi connectivity index (χ1v) is 19.2. The van der Waals surface area contributed by atoms with Crippen LogP contribution < -0.4 is 4.90 Å². The lowest BCUT2D eigenvalue weighted by Crippen LogP contribution is -2.16. The van der Waals surface area contributed by atoms with Gasteiger partial charge in [0.1, 0.15) is 0 Å². The summed E-state index contributed by atoms with van der Waals surface area (Å²) in [5.41, 5.74) is 16.0. The predicted octanol–water partition coefficient (Wildman–Crippen LogP) is 14.8. The normalized spacial score (nSPS) is 12.9. The van der Waals surface area contributed by atoms with Crippen LogP contribution in [0, 0.1) is 0 Å². The number of nitrogens with zero attached hydrogens (tertiary/aromatic N) is 1. The molecule has 1 aromatic heterocycles. The quantitative estimate of drug-likeness (QED) is 0.167. The van der Waals surface area contributed by atoms with Crippen molar-refractivity contribution < 1.29 is 0 Å². The van der Waals surface area contributed by atoms with Crippen molar-refractivity contribution in [2.75, 3.05) is 4.90 Å². The molecule has 1 aliphatic rings. The number of rotatable bonds is 6. The lowest BCUT2D eigenvalue weighted by molar-refractivity contribution is 0.660. The molecule has 0 unspecified atom stereocenters. The zero-order chi connectivity index (χ0) is 35.5. The minimum Gasteiger partial charge on any atom is -0.310 e. The van der Waals surface area contributed by atoms with E-state index >= 15 is 0 Å². The molecule has 0 bridgehead atoms. The number of anilines is 3. The third-order valence-electron chi connectivity index (χ3n) is 11.1. The van der Waals surface area contributed by atoms with Gasteiger partial charge in [0.05, 0.1) is 5.69 Å². The summed E-state index contributed by atoms with van der Waals surface area (Å²) < 4.78 is 2.66. The van der Waals surface area contributed by atoms with Crippen LogP contribution in [0.25, 0.3) is 64.7 Å². The smallest absolute Gasteiger partial charge is 0.0540 e. The van der Waals surface area contributed by atoms with Crippen LogP contribution in [-0.4, -0.2) is 0 Å². The Labute approximate surface area is 315 Å². The van der Waals surface area contributed by atoms with Gasteiger partial charge in [-0.15, -0.1) is 11.3 Å². The molecule has 10 rings (SSSR count). The fourth-order valence-electron chi connectivity index (χ4n) is 8.41. The molecule has 252 valence electrons. The van der Waals surface area contributed by atoms with E-state index in [0.717, 1.165) is 17.1 Å². The maximum Gasteiger partial charge on any atom is 0.0540 e. The molecule has 53 heavy (non-hydrogen) atoms. The molecule has 0 saturated carbocycles. The van der Waals surface area contributed by atoms with E-state index in [1.165, 1.54) is 75.8 Å². The van der Waals surface area contributed by atoms with Gasteiger partial charge in [0.2, 0.25) is 0 Å². The van der Waals surface area contributed by atoms with Gasteiger partial charge >= 0.3 is 0 Å². The van der Waals surface area contributed by atoms with E-state index < -0.39 is 0 Å². The molecular formula is C51H37NS. The monoisotopic (exact) mass is 695 g/mol. The second-order valence-electron chi connectivity index (χ2n) is 14.5. The van der Waals surface area contributed by atoms with Crippen molar-refractivity contribution in [2.45, 2.75) is 19.3 Å². The van der Waals surface area contributed by atoms with Crippen molar-refractivity contribution in [1.82, 2.24) is 0 Å². The van der Waals surface area contributed by atoms with Gasteiger partial charge in [-0.05, 0) is 86.5 Å². The van der Waals surface area contributed by atoms with E-state index in [0.29, 0.717) is 0 Å². The van der Waals surface area contributed by atoms with E-state index in [1.807, 2.05) is 11.3 Å². The number of thiophene rings is 1. The van der Waals surface area contributed by atoms with Crippen LogP contribution in [0.4, 0.5) is 17.1 Å². The molecule has 0 spiro atoms. The maximum absolute atomic E-state index is 2.45. The number of para-hydroxylation sites is 1. The van der Waals surface area contributed by atoms with E-state index in [2.05, 4.69) is 207 Å². The van der Waals surface area contributed by atoms with E-state index in [1.54, 1.807) is 0 Å². The van der Waals surface area contributed by atoms with Crippen LogP contribution in [0.2, 0.25) is 0 Å². The summed E-state index contributed by atoms with van der Waals surface area (Å²) in [7, 11) is 0. The van der Waals surface area contributed by atoms with Crippen molar-refractivity contribution in [3.8, 4) is 44.5 Å². The van der Waals surface area contributed by atoms with Gasteiger partial charge in [0.15, 0.2) is 0 Å². The molecule has 0 amide bonds. The molecule has 9 aromatic rings. The van der Waals surface area contributed by atoms with Gasteiger partial charge in [-0.3, -0.25) is 0 Å². The Kier molecular flexibility index (Phi) is 7.42. The second-order valence-corrected chi connectivity index (χ2v) is 15.6. The third kappa shape index (κ3) is 5.21. The van der Waals surface area contributed by atoms with Crippen molar-refractivity contribution in [2.24, 2.45) is 0 Å². The average molecular weight is 696 g/mol. The summed E-state index contributed by atoms with van der Waals surface area (Å²) in [5, 5.41) is 2.65. The Hall–Kier alpha value is -6.22. The minimum atomic E-state index is -0.104. The Morgan fingerprint density at radius 2 is 0.962 bits per heavy atom. The van der Waals surface area contributed by atoms with Crippen LogP contribution in [0.15, 0.2) is 188 Å². The Morgan fingerprint density at radius 1 is 0.396 bits per heavy atom. The van der Waals surface area contributed by atoms with E-state index in [4.69, 9.17) is 0 Å². The Bertz CT molecular complexity index is 2790. The second kappa shape index (κ2) is 12.5. The molecule has 0 N–H and O–H groups in total. The van der Waals surface area contributed by atoms with Crippen molar-refractivity contribution in [3.05, 3.63) is 199 Å². The highest BCUT2D eigenvalue weighted by molar-refractivity contribution is 7.26. The summed E-state index contributed by atoms with van der Waals surface area (Å²) in [6, 6.07) is 69.0. The average Bonchev–Trinajstić information content (AvgIpc) is 3.71. The summed E-state index contributed by atoms with van der Waals surface area (Å²) in [4.78, 5) is 2.45. The maximum atomic E-state index is 2.45. The van der Waals surface area contributed by atoms with Gasteiger partial charge in [-0.2, -0.15) is 0 Å². The zero-order valence-corrected chi connectivity index (χ0v) is 30.6. The Morgan fingerprint density at radius 3 is 1.79 bits per heavy atom. The van der Waals surface area contributed by atoms with Gasteiger partial charge in [0.25, 0.3) is 0 Å². The predicted molar refractivity (Wildman–Crippen MR) is 228 cm³/mol. The van der Waals surface area contributed by atoms with Gasteiger partial charge in [0, 0.05) is 42.5 Å². The van der Waals surface area contributed by atoms with Crippen LogP contribution in [0.1, 0.15) is 25.0 Å². The van der Waals surface area contributed by atoms with E-state index in [9.17, 15) is 0 Å². The largest absolute Gasteiger partial charge is 0.310 e. The van der Waals surface area contributed by atoms with Gasteiger partial charge in [-0.25, -0.2) is 0 Å². The summed E-state index contributed by atoms with van der Waals surface area (Å²) in [6.45, 7) is 4.72. The van der Waals surface area contributed by atoms with Gasteiger partial charge in [-0.1, -0.05) is 166 Å². The molecule has 0 aliphatic heterocycles. The molecule has 0 radical (unpaired) electrons. The number of fused-ring (bicyclic) bond motifs is 6. The number of hydrogen-bond donors (Lipinski definition) is 0. The van der Waals surface area contributed by atoms with E-state index in [-0.39, 0.29) is 5.41 Å². The highest BCUT2D eigenvalue weighted by Crippen LogP contribution is 2.51. The zero-order valence-electron chi connectivity index (χ0n) is 29.8. The van der Waals surface area contributed by atoms with Crippen LogP contribution in [0.5, 0.6) is 0 Å². The molecule has 1 aliphatic carbocycles. The molecule has 1 heterocycles. The third-order valence-corrected chi connectivity index (χ3v) is 12.3. The Balaban J connectivity index is 1.12. The van der Waals surface area contributed by atoms with Gasteiger partial charge < -0.3 is 4.90 Å². The van der Waals surface area contributed by atoms with Crippen LogP contribution in [0.3, 0.4) is 0 Å². The summed E-state index contributed by atoms with van der Waals surface area (Å²) in [6.07, 6.45) is 0. The first kappa shape index (κ1) is 31.5. The summed E-state index contributed by atoms with van der Waals surface area (Å²) >= 11 is 1.88. The standard InChI is InChI=1S/C51H37NS/c1-51(2)46-20-9-6-16-42(46)43-32-31-39(33-47(43)51)52(48-21-10-7-15-40(48)36-25-23-35(24-26-36)34-13-4-3-5-14-34)38-29-27-37(28-30-38)41-18-12-19-45-44-17-8-11-22-49(44)53-50(41)45/h3-33H,1-2H3. The fraction of sp³-hybridized carbons (Fsp3) is 0.0588. The number of benzene rings is 8. The molecule has 8 aromatic carbocycles. The highest BCUT2D eigenvalue weighted by Gasteiger charge is 2.35. The topological polar surface area (TPSA) is 3.24 Å². The number of hydrogen-bond acceptors (Lipinski definition) is 2. The van der Waals surface area contributed by atoms with Crippen LogP contribution >= 0.6 is 11.3 Å². The fourth-order valence-corrected chi connectivity index (χ4v) is 9.65. The molecule has 0 saturated heterocycles. The molecule has 2 heteroatoms. The minimum absolute atomic E-state index is 0.104. The SMILES string of the molecule is CC1(C)c2ccccc2-c2ccc(N(c3ccc(-c4cccc5c4sc4ccccc45)cc3)c3ccccc3-c3ccc(-c4ccccc4)cc3)cc21. The van der Waals surface area contributed by atoms with Crippen LogP contribution in [-0.2, 0) is 5.41 Å². The van der Waals surface area contributed by atoms with Crippen molar-refractivity contribution in [3.63, 3.8) is 0 Å². The molecule has 1 nitrogen and oxygen atoms in total. The first-order valence-electron chi connectivity index (χ1n) is 18.3. The first-order chi connectivity index (χ1) is 26.0.